The van der Waals surface area contributed by atoms with Gasteiger partial charge in [-0.3, -0.25) is 4.79 Å². The lowest BCUT2D eigenvalue weighted by Crippen LogP contribution is -2.34. The number of fused-ring (bicyclic) bond motifs is 1. The van der Waals surface area contributed by atoms with Crippen LogP contribution in [0.5, 0.6) is 0 Å². The van der Waals surface area contributed by atoms with Gasteiger partial charge >= 0.3 is 0 Å². The number of hydrogen-bond acceptors (Lipinski definition) is 4. The van der Waals surface area contributed by atoms with Crippen LogP contribution in [-0.2, 0) is 11.2 Å². The third kappa shape index (κ3) is 2.97. The molecular weight excluding hydrogens is 266 g/mol. The van der Waals surface area contributed by atoms with Gasteiger partial charge in [-0.1, -0.05) is 12.8 Å². The van der Waals surface area contributed by atoms with Crippen molar-refractivity contribution in [1.82, 2.24) is 0 Å². The number of benzene rings is 1. The molecule has 5 N–H and O–H groups in total. The molecule has 3 rings (SSSR count). The third-order valence-corrected chi connectivity index (χ3v) is 4.66. The number of anilines is 3. The first kappa shape index (κ1) is 14.2. The van der Waals surface area contributed by atoms with E-state index in [2.05, 4.69) is 10.6 Å². The van der Waals surface area contributed by atoms with Crippen LogP contribution in [0.15, 0.2) is 12.1 Å². The number of nitrogens with two attached hydrogens (primary N) is 1. The Labute approximate surface area is 124 Å². The molecule has 1 saturated carbocycles. The van der Waals surface area contributed by atoms with E-state index in [1.54, 1.807) is 0 Å². The number of amides is 1. The van der Waals surface area contributed by atoms with Crippen LogP contribution in [0.3, 0.4) is 0 Å². The van der Waals surface area contributed by atoms with Gasteiger partial charge in [-0.05, 0) is 37.0 Å². The minimum Gasteiger partial charge on any atom is -0.397 e. The molecule has 1 heterocycles. The molecule has 1 amide bonds. The molecule has 2 unspecified atom stereocenters. The standard InChI is InChI=1S/C16H23N3O2/c17-12-7-10-5-6-16(21)19-14(10)8-15(12)18-13-4-2-1-3-11(13)9-20/h7-8,11,13,18,20H,1-6,9,17H2,(H,19,21). The van der Waals surface area contributed by atoms with E-state index in [-0.39, 0.29) is 24.5 Å². The Morgan fingerprint density at radius 2 is 2.10 bits per heavy atom. The minimum atomic E-state index is 0.0594. The van der Waals surface area contributed by atoms with Crippen molar-refractivity contribution >= 4 is 23.0 Å². The summed E-state index contributed by atoms with van der Waals surface area (Å²) in [5, 5.41) is 15.9. The Bertz CT molecular complexity index is 545. The number of aliphatic hydroxyl groups excluding tert-OH is 1. The highest BCUT2D eigenvalue weighted by Gasteiger charge is 2.25. The van der Waals surface area contributed by atoms with Crippen LogP contribution in [0.2, 0.25) is 0 Å². The largest absolute Gasteiger partial charge is 0.397 e. The van der Waals surface area contributed by atoms with Crippen LogP contribution >= 0.6 is 0 Å². The number of nitrogens with one attached hydrogen (secondary N) is 2. The van der Waals surface area contributed by atoms with Crippen LogP contribution in [0.25, 0.3) is 0 Å². The lowest BCUT2D eigenvalue weighted by molar-refractivity contribution is -0.116. The van der Waals surface area contributed by atoms with E-state index in [9.17, 15) is 9.90 Å². The third-order valence-electron chi connectivity index (χ3n) is 4.66. The highest BCUT2D eigenvalue weighted by Crippen LogP contribution is 2.34. The van der Waals surface area contributed by atoms with E-state index < -0.39 is 0 Å². The molecule has 1 aliphatic carbocycles. The molecule has 0 radical (unpaired) electrons. The van der Waals surface area contributed by atoms with E-state index in [0.29, 0.717) is 12.1 Å². The average Bonchev–Trinajstić information content (AvgIpc) is 2.49. The number of rotatable bonds is 3. The normalized spacial score (nSPS) is 25.1. The Morgan fingerprint density at radius 3 is 2.90 bits per heavy atom. The molecular formula is C16H23N3O2. The fourth-order valence-electron chi connectivity index (χ4n) is 3.39. The molecule has 2 aliphatic rings. The molecule has 0 bridgehead atoms. The fourth-order valence-corrected chi connectivity index (χ4v) is 3.39. The van der Waals surface area contributed by atoms with Crippen molar-refractivity contribution in [3.63, 3.8) is 0 Å². The van der Waals surface area contributed by atoms with Crippen LogP contribution in [0.4, 0.5) is 17.1 Å². The van der Waals surface area contributed by atoms with E-state index in [1.165, 1.54) is 12.8 Å². The molecule has 0 spiro atoms. The first-order chi connectivity index (χ1) is 10.2. The van der Waals surface area contributed by atoms with Gasteiger partial charge in [-0.25, -0.2) is 0 Å². The maximum Gasteiger partial charge on any atom is 0.224 e. The second-order valence-corrected chi connectivity index (χ2v) is 6.12. The Balaban J connectivity index is 1.81. The van der Waals surface area contributed by atoms with Crippen LogP contribution in [-0.4, -0.2) is 23.7 Å². The number of carbonyl (C=O) groups excluding carboxylic acids is 1. The van der Waals surface area contributed by atoms with Crippen molar-refractivity contribution in [2.24, 2.45) is 5.92 Å². The summed E-state index contributed by atoms with van der Waals surface area (Å²) >= 11 is 0. The summed E-state index contributed by atoms with van der Waals surface area (Å²) in [6.45, 7) is 0.208. The summed E-state index contributed by atoms with van der Waals surface area (Å²) in [5.74, 6) is 0.341. The van der Waals surface area contributed by atoms with E-state index in [1.807, 2.05) is 12.1 Å². The van der Waals surface area contributed by atoms with Gasteiger partial charge in [0.2, 0.25) is 5.91 Å². The predicted molar refractivity (Wildman–Crippen MR) is 84.3 cm³/mol. The van der Waals surface area contributed by atoms with Crippen LogP contribution < -0.4 is 16.4 Å². The zero-order chi connectivity index (χ0) is 14.8. The van der Waals surface area contributed by atoms with Gasteiger partial charge in [0.25, 0.3) is 0 Å². The number of aliphatic hydroxyl groups is 1. The van der Waals surface area contributed by atoms with Crippen molar-refractivity contribution in [3.8, 4) is 0 Å². The van der Waals surface area contributed by atoms with E-state index in [0.717, 1.165) is 36.2 Å². The van der Waals surface area contributed by atoms with Crippen molar-refractivity contribution in [3.05, 3.63) is 17.7 Å². The van der Waals surface area contributed by atoms with Gasteiger partial charge in [0.1, 0.15) is 0 Å². The SMILES string of the molecule is Nc1cc2c(cc1NC1CCCCC1CO)NC(=O)CC2. The summed E-state index contributed by atoms with van der Waals surface area (Å²) < 4.78 is 0. The Kier molecular flexibility index (Phi) is 4.01. The molecule has 1 fully saturated rings. The minimum absolute atomic E-state index is 0.0594. The van der Waals surface area contributed by atoms with Crippen molar-refractivity contribution in [2.45, 2.75) is 44.6 Å². The first-order valence-electron chi connectivity index (χ1n) is 7.77. The quantitative estimate of drug-likeness (QED) is 0.642. The maximum atomic E-state index is 11.5. The molecule has 2 atom stereocenters. The molecule has 5 heteroatoms. The highest BCUT2D eigenvalue weighted by molar-refractivity contribution is 5.95. The lowest BCUT2D eigenvalue weighted by Gasteiger charge is -2.32. The summed E-state index contributed by atoms with van der Waals surface area (Å²) in [7, 11) is 0. The summed E-state index contributed by atoms with van der Waals surface area (Å²) in [4.78, 5) is 11.5. The highest BCUT2D eigenvalue weighted by atomic mass is 16.3. The molecule has 5 nitrogen and oxygen atoms in total. The van der Waals surface area contributed by atoms with Crippen LogP contribution in [0.1, 0.15) is 37.7 Å². The second-order valence-electron chi connectivity index (χ2n) is 6.12. The van der Waals surface area contributed by atoms with Gasteiger partial charge in [0, 0.05) is 30.7 Å². The van der Waals surface area contributed by atoms with E-state index >= 15 is 0 Å². The van der Waals surface area contributed by atoms with E-state index in [4.69, 9.17) is 5.73 Å². The number of carbonyl (C=O) groups is 1. The monoisotopic (exact) mass is 289 g/mol. The first-order valence-corrected chi connectivity index (χ1v) is 7.77. The average molecular weight is 289 g/mol. The topological polar surface area (TPSA) is 87.4 Å². The van der Waals surface area contributed by atoms with Crippen molar-refractivity contribution in [1.29, 1.82) is 0 Å². The molecule has 1 aromatic carbocycles. The molecule has 0 aromatic heterocycles. The fraction of sp³-hybridized carbons (Fsp3) is 0.562. The zero-order valence-electron chi connectivity index (χ0n) is 12.2. The second kappa shape index (κ2) is 5.93. The zero-order valence-corrected chi connectivity index (χ0v) is 12.2. The molecule has 0 saturated heterocycles. The van der Waals surface area contributed by atoms with Gasteiger partial charge in [0.05, 0.1) is 11.4 Å². The molecule has 114 valence electrons. The molecule has 1 aromatic rings. The van der Waals surface area contributed by atoms with Gasteiger partial charge in [0.15, 0.2) is 0 Å². The number of nitrogen functional groups attached to an aromatic ring is 1. The van der Waals surface area contributed by atoms with Gasteiger partial charge < -0.3 is 21.5 Å². The summed E-state index contributed by atoms with van der Waals surface area (Å²) in [5.41, 5.74) is 9.68. The summed E-state index contributed by atoms with van der Waals surface area (Å²) in [6.07, 6.45) is 5.72. The van der Waals surface area contributed by atoms with Gasteiger partial charge in [-0.15, -0.1) is 0 Å². The lowest BCUT2D eigenvalue weighted by atomic mass is 9.85. The predicted octanol–water partition coefficient (Wildman–Crippen LogP) is 2.12. The molecule has 1 aliphatic heterocycles. The maximum absolute atomic E-state index is 11.5. The molecule has 21 heavy (non-hydrogen) atoms. The Morgan fingerprint density at radius 1 is 1.29 bits per heavy atom. The van der Waals surface area contributed by atoms with Crippen molar-refractivity contribution in [2.75, 3.05) is 23.0 Å². The number of hydrogen-bond donors (Lipinski definition) is 4. The van der Waals surface area contributed by atoms with Gasteiger partial charge in [-0.2, -0.15) is 0 Å². The smallest absolute Gasteiger partial charge is 0.224 e. The van der Waals surface area contributed by atoms with Crippen molar-refractivity contribution < 1.29 is 9.90 Å². The Hall–Kier alpha value is -1.75. The number of aryl methyl sites for hydroxylation is 1. The van der Waals surface area contributed by atoms with Crippen LogP contribution in [0, 0.1) is 5.92 Å². The summed E-state index contributed by atoms with van der Waals surface area (Å²) in [6, 6.07) is 4.14.